The molecule has 3 nitrogen and oxygen atoms in total. The summed E-state index contributed by atoms with van der Waals surface area (Å²) in [4.78, 5) is 8.52. The summed E-state index contributed by atoms with van der Waals surface area (Å²) in [5.41, 5.74) is 6.17. The van der Waals surface area contributed by atoms with Crippen LogP contribution in [0.3, 0.4) is 0 Å². The number of hydrogen-bond donors (Lipinski definition) is 0. The summed E-state index contributed by atoms with van der Waals surface area (Å²) < 4.78 is 90.7. The summed E-state index contributed by atoms with van der Waals surface area (Å²) in [6.07, 6.45) is 2.64. The van der Waals surface area contributed by atoms with Gasteiger partial charge in [-0.3, -0.25) is 0 Å². The Labute approximate surface area is 279 Å². The van der Waals surface area contributed by atoms with E-state index in [0.29, 0.717) is 33.7 Å². The fourth-order valence-electron chi connectivity index (χ4n) is 4.71. The fraction of sp³-hybridized carbons (Fsp3) is 0.263. The first-order valence-electron chi connectivity index (χ1n) is 18.7. The second kappa shape index (κ2) is 13.2. The van der Waals surface area contributed by atoms with E-state index in [1.165, 1.54) is 30.6 Å². The van der Waals surface area contributed by atoms with Crippen molar-refractivity contribution in [2.45, 2.75) is 67.0 Å². The van der Waals surface area contributed by atoms with Gasteiger partial charge in [-0.05, 0) is 60.2 Å². The molecule has 1 radical (unpaired) electrons. The van der Waals surface area contributed by atoms with Crippen LogP contribution in [0.5, 0.6) is 0 Å². The van der Waals surface area contributed by atoms with E-state index in [1.54, 1.807) is 38.1 Å². The minimum Gasteiger partial charge on any atom is -0.500 e. The quantitative estimate of drug-likeness (QED) is 0.169. The van der Waals surface area contributed by atoms with Gasteiger partial charge in [0.05, 0.1) is 5.58 Å². The molecular formula is C38H38IrN2O-2. The SMILES string of the molecule is [2H]C([2H])([2H])c1c[c-]c(-c2ccc(C([2H])([2H])[2H])cn2)cc1.[2H]C([2H])([2H])c1cnc(-c2[c-]cc(C([2H])(C)C)c3c2oc2c(C)cccc23)cc1C([2H])(C)C.[Ir]. The van der Waals surface area contributed by atoms with Crippen LogP contribution in [0, 0.1) is 39.6 Å². The van der Waals surface area contributed by atoms with Gasteiger partial charge in [0.25, 0.3) is 0 Å². The van der Waals surface area contributed by atoms with Crippen LogP contribution in [0.4, 0.5) is 0 Å². The average molecular weight is 742 g/mol. The van der Waals surface area contributed by atoms with Crippen molar-refractivity contribution in [2.75, 3.05) is 0 Å². The summed E-state index contributed by atoms with van der Waals surface area (Å²) in [7, 11) is 0. The Morgan fingerprint density at radius 1 is 0.762 bits per heavy atom. The van der Waals surface area contributed by atoms with E-state index in [2.05, 4.69) is 22.1 Å². The van der Waals surface area contributed by atoms with Crippen LogP contribution in [0.2, 0.25) is 0 Å². The molecule has 0 unspecified atom stereocenters. The van der Waals surface area contributed by atoms with Gasteiger partial charge in [0.1, 0.15) is 5.58 Å². The van der Waals surface area contributed by atoms with Crippen molar-refractivity contribution < 1.29 is 39.6 Å². The number of hydrogen-bond acceptors (Lipinski definition) is 3. The van der Waals surface area contributed by atoms with Crippen LogP contribution in [-0.2, 0) is 20.1 Å². The normalized spacial score (nSPS) is 16.4. The zero-order chi connectivity index (χ0) is 38.6. The summed E-state index contributed by atoms with van der Waals surface area (Å²) in [5.74, 6) is -2.01. The standard InChI is InChI=1S/C25H26NO.C13H12N.Ir/c1-14(2)18-10-11-19(22-12-21(15(3)4)17(6)13-26-22)25-23(18)20-9-7-8-16(5)24(20)27-25;1-10-3-6-12(7-4-10)13-8-5-11(2)9-14-13;/h7-10,12-15H,1-6H3;3-6,8-9H,1-2H3;/q2*-1;/i6D3,14D,15D;1D3,2D3;. The molecule has 0 atom stereocenters. The Kier molecular flexibility index (Phi) is 6.13. The van der Waals surface area contributed by atoms with Gasteiger partial charge < -0.3 is 14.4 Å². The number of benzene rings is 3. The maximum atomic E-state index is 8.65. The van der Waals surface area contributed by atoms with Gasteiger partial charge in [0.15, 0.2) is 0 Å². The third-order valence-electron chi connectivity index (χ3n) is 6.86. The van der Waals surface area contributed by atoms with Crippen molar-refractivity contribution in [3.63, 3.8) is 0 Å². The van der Waals surface area contributed by atoms with Gasteiger partial charge in [0, 0.05) is 53.0 Å². The Morgan fingerprint density at radius 2 is 1.52 bits per heavy atom. The number of nitrogens with zero attached hydrogens (tertiary/aromatic N) is 2. The Balaban J connectivity index is 0.000000258. The number of aryl methyl sites for hydroxylation is 4. The number of furan rings is 1. The molecule has 0 spiro atoms. The molecule has 42 heavy (non-hydrogen) atoms. The molecule has 0 saturated heterocycles. The zero-order valence-electron chi connectivity index (χ0n) is 35.1. The van der Waals surface area contributed by atoms with Gasteiger partial charge in [0.2, 0.25) is 0 Å². The van der Waals surface area contributed by atoms with Crippen LogP contribution < -0.4 is 0 Å². The number of fused-ring (bicyclic) bond motifs is 3. The first-order chi connectivity index (χ1) is 23.9. The van der Waals surface area contributed by atoms with Crippen molar-refractivity contribution in [1.29, 1.82) is 0 Å². The van der Waals surface area contributed by atoms with Crippen molar-refractivity contribution in [3.8, 4) is 22.5 Å². The minimum absolute atomic E-state index is 0. The number of rotatable bonds is 4. The van der Waals surface area contributed by atoms with Gasteiger partial charge in [-0.1, -0.05) is 87.8 Å². The first-order valence-corrected chi connectivity index (χ1v) is 13.2. The molecule has 0 N–H and O–H groups in total. The predicted molar refractivity (Wildman–Crippen MR) is 171 cm³/mol. The molecule has 6 aromatic rings. The summed E-state index contributed by atoms with van der Waals surface area (Å²) in [6.45, 7) is 2.25. The number of pyridine rings is 2. The molecule has 6 rings (SSSR count). The second-order valence-corrected chi connectivity index (χ2v) is 10.4. The Morgan fingerprint density at radius 3 is 2.17 bits per heavy atom. The van der Waals surface area contributed by atoms with E-state index >= 15 is 0 Å². The largest absolute Gasteiger partial charge is 0.500 e. The van der Waals surface area contributed by atoms with Crippen LogP contribution in [0.15, 0.2) is 77.5 Å². The third kappa shape index (κ3) is 6.41. The average Bonchev–Trinajstić information content (AvgIpc) is 3.43. The summed E-state index contributed by atoms with van der Waals surface area (Å²) in [5, 5.41) is 1.76. The molecule has 0 bridgehead atoms. The van der Waals surface area contributed by atoms with E-state index in [9.17, 15) is 0 Å². The first kappa shape index (κ1) is 19.6. The monoisotopic (exact) mass is 742 g/mol. The molecule has 217 valence electrons. The van der Waals surface area contributed by atoms with Crippen LogP contribution >= 0.6 is 0 Å². The topological polar surface area (TPSA) is 38.9 Å². The molecule has 0 saturated carbocycles. The summed E-state index contributed by atoms with van der Waals surface area (Å²) in [6, 6.07) is 23.1. The van der Waals surface area contributed by atoms with Crippen LogP contribution in [0.25, 0.3) is 44.5 Å². The number of aromatic nitrogens is 2. The summed E-state index contributed by atoms with van der Waals surface area (Å²) >= 11 is 0. The molecule has 0 aliphatic carbocycles. The van der Waals surface area contributed by atoms with Gasteiger partial charge in [-0.15, -0.1) is 53.1 Å². The fourth-order valence-corrected chi connectivity index (χ4v) is 4.71. The maximum absolute atomic E-state index is 8.65. The van der Waals surface area contributed by atoms with E-state index in [-0.39, 0.29) is 36.8 Å². The van der Waals surface area contributed by atoms with Crippen molar-refractivity contribution >= 4 is 21.9 Å². The molecule has 0 amide bonds. The van der Waals surface area contributed by atoms with Crippen molar-refractivity contribution in [1.82, 2.24) is 9.97 Å². The molecule has 3 aromatic heterocycles. The minimum atomic E-state index is -2.37. The van der Waals surface area contributed by atoms with E-state index < -0.39 is 32.3 Å². The predicted octanol–water partition coefficient (Wildman–Crippen LogP) is 10.5. The van der Waals surface area contributed by atoms with Crippen molar-refractivity contribution in [2.24, 2.45) is 0 Å². The van der Waals surface area contributed by atoms with E-state index in [0.717, 1.165) is 27.5 Å². The molecule has 0 aliphatic heterocycles. The van der Waals surface area contributed by atoms with Crippen molar-refractivity contribution in [3.05, 3.63) is 119 Å². The van der Waals surface area contributed by atoms with Gasteiger partial charge in [-0.2, -0.15) is 0 Å². The smallest absolute Gasteiger partial charge is 0.123 e. The third-order valence-corrected chi connectivity index (χ3v) is 6.86. The number of para-hydroxylation sites is 1. The van der Waals surface area contributed by atoms with E-state index in [4.69, 9.17) is 19.5 Å². The van der Waals surface area contributed by atoms with Gasteiger partial charge >= 0.3 is 0 Å². The molecule has 3 heterocycles. The maximum Gasteiger partial charge on any atom is 0.123 e. The van der Waals surface area contributed by atoms with Crippen LogP contribution in [-0.4, -0.2) is 9.97 Å². The molecule has 3 aromatic carbocycles. The molecule has 0 fully saturated rings. The Bertz CT molecular complexity index is 2170. The Hall–Kier alpha value is -3.59. The second-order valence-electron chi connectivity index (χ2n) is 10.4. The zero-order valence-corrected chi connectivity index (χ0v) is 26.5. The van der Waals surface area contributed by atoms with Crippen LogP contribution in [0.1, 0.15) is 87.9 Å². The molecule has 4 heteroatoms. The van der Waals surface area contributed by atoms with Gasteiger partial charge in [-0.25, -0.2) is 0 Å². The molecular weight excluding hydrogens is 693 g/mol. The van der Waals surface area contributed by atoms with E-state index in [1.807, 2.05) is 39.0 Å². The molecule has 0 aliphatic rings.